The lowest BCUT2D eigenvalue weighted by atomic mass is 9.67. The van der Waals surface area contributed by atoms with Crippen molar-refractivity contribution in [1.29, 1.82) is 0 Å². The van der Waals surface area contributed by atoms with Crippen LogP contribution in [0.2, 0.25) is 0 Å². The van der Waals surface area contributed by atoms with Crippen LogP contribution in [-0.2, 0) is 11.2 Å². The molecule has 0 aromatic heterocycles. The molecule has 1 aliphatic rings. The first-order chi connectivity index (χ1) is 9.12. The predicted molar refractivity (Wildman–Crippen MR) is 74.1 cm³/mol. The third-order valence-corrected chi connectivity index (χ3v) is 3.83. The minimum Gasteiger partial charge on any atom is -0.409 e. The summed E-state index contributed by atoms with van der Waals surface area (Å²) in [6.07, 6.45) is 3.08. The number of oxime groups is 1. The van der Waals surface area contributed by atoms with Gasteiger partial charge in [-0.2, -0.15) is 0 Å². The highest BCUT2D eigenvalue weighted by Gasteiger charge is 2.48. The third-order valence-electron chi connectivity index (χ3n) is 3.83. The number of hydrogen-bond acceptors (Lipinski definition) is 3. The summed E-state index contributed by atoms with van der Waals surface area (Å²) in [5, 5.41) is 14.7. The first-order valence-electron chi connectivity index (χ1n) is 6.51. The maximum Gasteiger partial charge on any atom is 0.238 e. The van der Waals surface area contributed by atoms with Crippen molar-refractivity contribution in [2.24, 2.45) is 16.3 Å². The molecule has 2 rings (SSSR count). The topological polar surface area (TPSA) is 87.7 Å². The molecule has 0 saturated heterocycles. The number of amides is 1. The normalized spacial score (nSPS) is 17.6. The molecule has 102 valence electrons. The zero-order valence-corrected chi connectivity index (χ0v) is 11.0. The van der Waals surface area contributed by atoms with E-state index < -0.39 is 5.41 Å². The molecule has 4 N–H and O–H groups in total. The fourth-order valence-electron chi connectivity index (χ4n) is 2.35. The van der Waals surface area contributed by atoms with Crippen LogP contribution >= 0.6 is 0 Å². The summed E-state index contributed by atoms with van der Waals surface area (Å²) < 4.78 is 0. The Balaban J connectivity index is 2.16. The maximum absolute atomic E-state index is 12.3. The molecule has 0 aliphatic heterocycles. The first kappa shape index (κ1) is 13.4. The highest BCUT2D eigenvalue weighted by atomic mass is 16.4. The third kappa shape index (κ3) is 2.41. The lowest BCUT2D eigenvalue weighted by molar-refractivity contribution is -0.125. The quantitative estimate of drug-likeness (QED) is 0.336. The summed E-state index contributed by atoms with van der Waals surface area (Å²) >= 11 is 0. The molecule has 1 aliphatic carbocycles. The molecule has 1 fully saturated rings. The molecule has 5 nitrogen and oxygen atoms in total. The van der Waals surface area contributed by atoms with Gasteiger partial charge < -0.3 is 16.3 Å². The van der Waals surface area contributed by atoms with Gasteiger partial charge in [-0.05, 0) is 37.0 Å². The van der Waals surface area contributed by atoms with Crippen LogP contribution in [0.5, 0.6) is 0 Å². The van der Waals surface area contributed by atoms with Crippen molar-refractivity contribution in [1.82, 2.24) is 0 Å². The van der Waals surface area contributed by atoms with E-state index in [-0.39, 0.29) is 11.7 Å². The minimum absolute atomic E-state index is 0.00268. The van der Waals surface area contributed by atoms with Crippen molar-refractivity contribution in [2.75, 3.05) is 5.32 Å². The largest absolute Gasteiger partial charge is 0.409 e. The number of benzene rings is 1. The van der Waals surface area contributed by atoms with Gasteiger partial charge in [0.2, 0.25) is 5.91 Å². The highest BCUT2D eigenvalue weighted by molar-refractivity contribution is 6.12. The fourth-order valence-corrected chi connectivity index (χ4v) is 2.35. The van der Waals surface area contributed by atoms with E-state index in [4.69, 9.17) is 10.9 Å². The van der Waals surface area contributed by atoms with E-state index in [0.717, 1.165) is 24.1 Å². The molecule has 0 atom stereocenters. The Morgan fingerprint density at radius 2 is 2.26 bits per heavy atom. The number of nitrogens with two attached hydrogens (primary N) is 1. The standard InChI is InChI=1S/C14H19N3O2/c1-2-10-5-3-6-11(9-10)16-13(18)14(7-4-8-14)12(15)17-19/h3,5-6,9,19H,2,4,7-8H2,1H3,(H2,15,17)(H,16,18). The van der Waals surface area contributed by atoms with Crippen LogP contribution < -0.4 is 11.1 Å². The Kier molecular flexibility index (Phi) is 3.74. The molecule has 0 heterocycles. The molecule has 0 bridgehead atoms. The van der Waals surface area contributed by atoms with E-state index >= 15 is 0 Å². The fraction of sp³-hybridized carbons (Fsp3) is 0.429. The highest BCUT2D eigenvalue weighted by Crippen LogP contribution is 2.42. The summed E-state index contributed by atoms with van der Waals surface area (Å²) in [4.78, 5) is 12.3. The van der Waals surface area contributed by atoms with Crippen molar-refractivity contribution >= 4 is 17.4 Å². The molecule has 1 aromatic rings. The second-order valence-corrected chi connectivity index (χ2v) is 4.93. The minimum atomic E-state index is -0.836. The average molecular weight is 261 g/mol. The number of hydrogen-bond donors (Lipinski definition) is 3. The number of carbonyl (C=O) groups excluding carboxylic acids is 1. The van der Waals surface area contributed by atoms with E-state index in [9.17, 15) is 4.79 Å². The summed E-state index contributed by atoms with van der Waals surface area (Å²) in [7, 11) is 0. The first-order valence-corrected chi connectivity index (χ1v) is 6.51. The van der Waals surface area contributed by atoms with Gasteiger partial charge in [0, 0.05) is 5.69 Å². The Morgan fingerprint density at radius 3 is 2.79 bits per heavy atom. The molecule has 0 radical (unpaired) electrons. The number of anilines is 1. The number of rotatable bonds is 4. The Morgan fingerprint density at radius 1 is 1.53 bits per heavy atom. The lowest BCUT2D eigenvalue weighted by Crippen LogP contribution is -2.51. The van der Waals surface area contributed by atoms with E-state index in [0.29, 0.717) is 12.8 Å². The SMILES string of the molecule is CCc1cccc(NC(=O)C2(/C(N)=N/O)CCC2)c1. The molecular formula is C14H19N3O2. The molecule has 1 saturated carbocycles. The van der Waals surface area contributed by atoms with E-state index in [1.807, 2.05) is 24.3 Å². The Bertz CT molecular complexity index is 507. The number of amidine groups is 1. The molecule has 1 aromatic carbocycles. The Hall–Kier alpha value is -2.04. The van der Waals surface area contributed by atoms with Crippen LogP contribution in [0, 0.1) is 5.41 Å². The van der Waals surface area contributed by atoms with Crippen LogP contribution in [0.4, 0.5) is 5.69 Å². The number of nitrogens with one attached hydrogen (secondary N) is 1. The van der Waals surface area contributed by atoms with Crippen molar-refractivity contribution in [2.45, 2.75) is 32.6 Å². The second-order valence-electron chi connectivity index (χ2n) is 4.93. The summed E-state index contributed by atoms with van der Waals surface area (Å²) in [5.41, 5.74) is 6.73. The van der Waals surface area contributed by atoms with Crippen LogP contribution in [0.3, 0.4) is 0 Å². The summed E-state index contributed by atoms with van der Waals surface area (Å²) in [6.45, 7) is 2.06. The van der Waals surface area contributed by atoms with Crippen molar-refractivity contribution < 1.29 is 10.0 Å². The zero-order valence-electron chi connectivity index (χ0n) is 11.0. The monoisotopic (exact) mass is 261 g/mol. The lowest BCUT2D eigenvalue weighted by Gasteiger charge is -2.38. The average Bonchev–Trinajstić information content (AvgIpc) is 2.37. The molecule has 5 heteroatoms. The van der Waals surface area contributed by atoms with Gasteiger partial charge in [-0.1, -0.05) is 30.6 Å². The van der Waals surface area contributed by atoms with Crippen molar-refractivity contribution in [3.05, 3.63) is 29.8 Å². The Labute approximate surface area is 112 Å². The molecule has 1 amide bonds. The molecular weight excluding hydrogens is 242 g/mol. The van der Waals surface area contributed by atoms with Crippen LogP contribution in [-0.4, -0.2) is 17.0 Å². The molecule has 0 spiro atoms. The zero-order chi connectivity index (χ0) is 13.9. The smallest absolute Gasteiger partial charge is 0.238 e. The second kappa shape index (κ2) is 5.30. The van der Waals surface area contributed by atoms with Gasteiger partial charge >= 0.3 is 0 Å². The van der Waals surface area contributed by atoms with Gasteiger partial charge in [-0.25, -0.2) is 0 Å². The van der Waals surface area contributed by atoms with Gasteiger partial charge in [-0.3, -0.25) is 4.79 Å². The maximum atomic E-state index is 12.3. The van der Waals surface area contributed by atoms with Crippen LogP contribution in [0.1, 0.15) is 31.7 Å². The number of aryl methyl sites for hydroxylation is 1. The molecule has 0 unspecified atom stereocenters. The van der Waals surface area contributed by atoms with Gasteiger partial charge in [-0.15, -0.1) is 0 Å². The van der Waals surface area contributed by atoms with Gasteiger partial charge in [0.25, 0.3) is 0 Å². The van der Waals surface area contributed by atoms with Gasteiger partial charge in [0.05, 0.1) is 0 Å². The van der Waals surface area contributed by atoms with E-state index in [1.54, 1.807) is 0 Å². The van der Waals surface area contributed by atoms with Gasteiger partial charge in [0.1, 0.15) is 5.41 Å². The van der Waals surface area contributed by atoms with Crippen LogP contribution in [0.15, 0.2) is 29.4 Å². The van der Waals surface area contributed by atoms with E-state index in [2.05, 4.69) is 17.4 Å². The number of nitrogens with zero attached hydrogens (tertiary/aromatic N) is 1. The van der Waals surface area contributed by atoms with Gasteiger partial charge in [0.15, 0.2) is 5.84 Å². The molecule has 19 heavy (non-hydrogen) atoms. The van der Waals surface area contributed by atoms with E-state index in [1.165, 1.54) is 0 Å². The van der Waals surface area contributed by atoms with Crippen molar-refractivity contribution in [3.8, 4) is 0 Å². The number of carbonyl (C=O) groups is 1. The van der Waals surface area contributed by atoms with Crippen molar-refractivity contribution in [3.63, 3.8) is 0 Å². The summed E-state index contributed by atoms with van der Waals surface area (Å²) in [6, 6.07) is 7.70. The van der Waals surface area contributed by atoms with Crippen LogP contribution in [0.25, 0.3) is 0 Å². The predicted octanol–water partition coefficient (Wildman–Crippen LogP) is 2.10. The summed E-state index contributed by atoms with van der Waals surface area (Å²) in [5.74, 6) is -0.190.